The highest BCUT2D eigenvalue weighted by molar-refractivity contribution is 5.88. The average molecular weight is 365 g/mol. The summed E-state index contributed by atoms with van der Waals surface area (Å²) in [4.78, 5) is 16.0. The Balaban J connectivity index is 1.38. The molecule has 2 aromatic rings. The molecular weight excluding hydrogens is 338 g/mol. The third-order valence-electron chi connectivity index (χ3n) is 6.56. The lowest BCUT2D eigenvalue weighted by Gasteiger charge is -2.42. The minimum absolute atomic E-state index is 0.149. The lowest BCUT2D eigenvalue weighted by molar-refractivity contribution is -0.134. The summed E-state index contributed by atoms with van der Waals surface area (Å²) >= 11 is 0. The highest BCUT2D eigenvalue weighted by Gasteiger charge is 2.48. The van der Waals surface area contributed by atoms with Gasteiger partial charge in [0.1, 0.15) is 11.4 Å². The Hall–Kier alpha value is -2.21. The number of fused-ring (bicyclic) bond motifs is 2. The van der Waals surface area contributed by atoms with E-state index >= 15 is 0 Å². The van der Waals surface area contributed by atoms with E-state index in [0.717, 1.165) is 57.0 Å². The van der Waals surface area contributed by atoms with Crippen molar-refractivity contribution in [1.82, 2.24) is 25.0 Å². The molecule has 27 heavy (non-hydrogen) atoms. The molecule has 3 aliphatic rings. The van der Waals surface area contributed by atoms with Gasteiger partial charge in [0.25, 0.3) is 0 Å². The zero-order valence-corrected chi connectivity index (χ0v) is 15.8. The van der Waals surface area contributed by atoms with Crippen molar-refractivity contribution in [3.63, 3.8) is 0 Å². The first kappa shape index (κ1) is 16.9. The Bertz CT molecular complexity index is 827. The number of piperidine rings is 1. The van der Waals surface area contributed by atoms with E-state index in [9.17, 15) is 4.79 Å². The van der Waals surface area contributed by atoms with Gasteiger partial charge in [0.15, 0.2) is 5.82 Å². The van der Waals surface area contributed by atoms with Crippen LogP contribution in [-0.2, 0) is 37.1 Å². The van der Waals surface area contributed by atoms with Crippen LogP contribution in [0.2, 0.25) is 0 Å². The summed E-state index contributed by atoms with van der Waals surface area (Å²) in [5.74, 6) is 2.09. The Kier molecular flexibility index (Phi) is 4.23. The van der Waals surface area contributed by atoms with Crippen LogP contribution in [0.3, 0.4) is 0 Å². The molecule has 1 saturated heterocycles. The number of hydrogen-bond acceptors (Lipinski definition) is 4. The average Bonchev–Trinajstić information content (AvgIpc) is 3.41. The Morgan fingerprint density at radius 3 is 2.48 bits per heavy atom. The van der Waals surface area contributed by atoms with Crippen LogP contribution in [0.25, 0.3) is 0 Å². The highest BCUT2D eigenvalue weighted by atomic mass is 16.2. The zero-order valence-electron chi connectivity index (χ0n) is 15.8. The van der Waals surface area contributed by atoms with Crippen molar-refractivity contribution in [2.45, 2.75) is 63.6 Å². The van der Waals surface area contributed by atoms with Gasteiger partial charge >= 0.3 is 0 Å². The maximum absolute atomic E-state index is 13.5. The van der Waals surface area contributed by atoms with Crippen LogP contribution in [0, 0.1) is 0 Å². The van der Waals surface area contributed by atoms with Crippen LogP contribution in [0.4, 0.5) is 0 Å². The number of aryl methyl sites for hydroxylation is 1. The number of likely N-dealkylation sites (tertiary alicyclic amines) is 1. The van der Waals surface area contributed by atoms with Gasteiger partial charge in [-0.1, -0.05) is 30.7 Å². The normalized spacial score (nSPS) is 21.0. The fraction of sp³-hybridized carbons (Fsp3) is 0.571. The number of carbonyl (C=O) groups is 1. The SMILES string of the molecule is O=C(NCc1nnc2n1CCC2)C1(N2CCCCC2)Cc2ccccc2C1. The maximum atomic E-state index is 13.5. The van der Waals surface area contributed by atoms with Gasteiger partial charge in [0.2, 0.25) is 5.91 Å². The molecule has 6 nitrogen and oxygen atoms in total. The molecule has 2 aliphatic heterocycles. The summed E-state index contributed by atoms with van der Waals surface area (Å²) < 4.78 is 2.16. The van der Waals surface area contributed by atoms with E-state index in [1.807, 2.05) is 0 Å². The first-order valence-electron chi connectivity index (χ1n) is 10.3. The van der Waals surface area contributed by atoms with Gasteiger partial charge in [-0.2, -0.15) is 0 Å². The predicted molar refractivity (Wildman–Crippen MR) is 102 cm³/mol. The van der Waals surface area contributed by atoms with Gasteiger partial charge in [-0.25, -0.2) is 0 Å². The van der Waals surface area contributed by atoms with Crippen LogP contribution in [0.5, 0.6) is 0 Å². The standard InChI is InChI=1S/C21H27N5O/c27-20(22-15-19-24-23-18-9-6-12-26(18)19)21(25-10-4-1-5-11-25)13-16-7-2-3-8-17(16)14-21/h2-3,7-8H,1,4-6,9-15H2,(H,22,27). The first-order chi connectivity index (χ1) is 13.3. The Morgan fingerprint density at radius 2 is 1.74 bits per heavy atom. The molecule has 1 amide bonds. The number of benzene rings is 1. The lowest BCUT2D eigenvalue weighted by Crippen LogP contribution is -2.60. The Morgan fingerprint density at radius 1 is 1.00 bits per heavy atom. The quantitative estimate of drug-likeness (QED) is 0.898. The first-order valence-corrected chi connectivity index (χ1v) is 10.3. The third-order valence-corrected chi connectivity index (χ3v) is 6.56. The van der Waals surface area contributed by atoms with E-state index < -0.39 is 5.54 Å². The van der Waals surface area contributed by atoms with E-state index in [1.165, 1.54) is 30.4 Å². The van der Waals surface area contributed by atoms with Crippen molar-refractivity contribution in [2.75, 3.05) is 13.1 Å². The number of amides is 1. The zero-order chi connectivity index (χ0) is 18.3. The molecular formula is C21H27N5O. The van der Waals surface area contributed by atoms with Gasteiger partial charge in [-0.05, 0) is 43.5 Å². The van der Waals surface area contributed by atoms with Crippen molar-refractivity contribution in [3.8, 4) is 0 Å². The van der Waals surface area contributed by atoms with Crippen molar-refractivity contribution in [2.24, 2.45) is 0 Å². The summed E-state index contributed by atoms with van der Waals surface area (Å²) in [6.45, 7) is 3.47. The second-order valence-corrected chi connectivity index (χ2v) is 8.17. The smallest absolute Gasteiger partial charge is 0.241 e. The van der Waals surface area contributed by atoms with Gasteiger partial charge < -0.3 is 9.88 Å². The largest absolute Gasteiger partial charge is 0.347 e. The molecule has 0 saturated carbocycles. The number of nitrogens with zero attached hydrogens (tertiary/aromatic N) is 4. The van der Waals surface area contributed by atoms with E-state index in [-0.39, 0.29) is 5.91 Å². The number of aromatic nitrogens is 3. The molecule has 1 aromatic heterocycles. The molecule has 5 rings (SSSR count). The van der Waals surface area contributed by atoms with E-state index in [2.05, 4.69) is 49.2 Å². The highest BCUT2D eigenvalue weighted by Crippen LogP contribution is 2.36. The van der Waals surface area contributed by atoms with Gasteiger partial charge in [0.05, 0.1) is 6.54 Å². The number of hydrogen-bond donors (Lipinski definition) is 1. The molecule has 1 N–H and O–H groups in total. The monoisotopic (exact) mass is 365 g/mol. The van der Waals surface area contributed by atoms with Crippen LogP contribution < -0.4 is 5.32 Å². The molecule has 6 heteroatoms. The number of carbonyl (C=O) groups excluding carboxylic acids is 1. The molecule has 3 heterocycles. The second-order valence-electron chi connectivity index (χ2n) is 8.17. The third kappa shape index (κ3) is 2.87. The molecule has 0 bridgehead atoms. The Labute approximate surface area is 160 Å². The van der Waals surface area contributed by atoms with Gasteiger partial charge in [-0.15, -0.1) is 10.2 Å². The van der Waals surface area contributed by atoms with E-state index in [4.69, 9.17) is 0 Å². The predicted octanol–water partition coefficient (Wildman–Crippen LogP) is 1.86. The van der Waals surface area contributed by atoms with Crippen molar-refractivity contribution in [3.05, 3.63) is 47.0 Å². The maximum Gasteiger partial charge on any atom is 0.241 e. The van der Waals surface area contributed by atoms with Crippen LogP contribution in [0.1, 0.15) is 48.5 Å². The van der Waals surface area contributed by atoms with Crippen molar-refractivity contribution >= 4 is 5.91 Å². The summed E-state index contributed by atoms with van der Waals surface area (Å²) in [5.41, 5.74) is 2.20. The second kappa shape index (κ2) is 6.75. The fourth-order valence-electron chi connectivity index (χ4n) is 5.11. The summed E-state index contributed by atoms with van der Waals surface area (Å²) in [6.07, 6.45) is 7.38. The number of nitrogens with one attached hydrogen (secondary N) is 1. The van der Waals surface area contributed by atoms with Gasteiger partial charge in [-0.3, -0.25) is 9.69 Å². The fourth-order valence-corrected chi connectivity index (χ4v) is 5.11. The number of rotatable bonds is 4. The van der Waals surface area contributed by atoms with Crippen molar-refractivity contribution in [1.29, 1.82) is 0 Å². The van der Waals surface area contributed by atoms with Gasteiger partial charge in [0, 0.05) is 25.8 Å². The molecule has 0 unspecified atom stereocenters. The van der Waals surface area contributed by atoms with Crippen LogP contribution in [0.15, 0.2) is 24.3 Å². The van der Waals surface area contributed by atoms with Crippen LogP contribution in [-0.4, -0.2) is 44.2 Å². The summed E-state index contributed by atoms with van der Waals surface area (Å²) in [7, 11) is 0. The summed E-state index contributed by atoms with van der Waals surface area (Å²) in [5, 5.41) is 11.8. The molecule has 1 aliphatic carbocycles. The molecule has 1 fully saturated rings. The molecule has 0 atom stereocenters. The molecule has 0 spiro atoms. The minimum Gasteiger partial charge on any atom is -0.347 e. The van der Waals surface area contributed by atoms with Crippen LogP contribution >= 0.6 is 0 Å². The van der Waals surface area contributed by atoms with E-state index in [1.54, 1.807) is 0 Å². The molecule has 1 aromatic carbocycles. The lowest BCUT2D eigenvalue weighted by atomic mass is 9.89. The van der Waals surface area contributed by atoms with E-state index in [0.29, 0.717) is 6.54 Å². The minimum atomic E-state index is -0.446. The summed E-state index contributed by atoms with van der Waals surface area (Å²) in [6, 6.07) is 8.53. The van der Waals surface area contributed by atoms with Crippen molar-refractivity contribution < 1.29 is 4.79 Å². The topological polar surface area (TPSA) is 63.1 Å². The molecule has 142 valence electrons. The molecule has 0 radical (unpaired) electrons.